The molecular weight excluding hydrogens is 240 g/mol. The molecule has 0 bridgehead atoms. The normalized spacial score (nSPS) is 11.8. The summed E-state index contributed by atoms with van der Waals surface area (Å²) in [5, 5.41) is 0. The third kappa shape index (κ3) is 3.31. The zero-order valence-electron chi connectivity index (χ0n) is 10.3. The Balaban J connectivity index is 2.98. The monoisotopic (exact) mass is 258 g/mol. The Labute approximate surface area is 102 Å². The van der Waals surface area contributed by atoms with Gasteiger partial charge in [0.1, 0.15) is 5.82 Å². The van der Waals surface area contributed by atoms with Gasteiger partial charge in [-0.25, -0.2) is 4.98 Å². The van der Waals surface area contributed by atoms with Crippen LogP contribution in [0.25, 0.3) is 0 Å². The lowest BCUT2D eigenvalue weighted by Gasteiger charge is -2.19. The summed E-state index contributed by atoms with van der Waals surface area (Å²) in [6.45, 7) is 6.15. The molecule has 0 saturated carbocycles. The molecule has 6 nitrogen and oxygen atoms in total. The van der Waals surface area contributed by atoms with Gasteiger partial charge in [0, 0.05) is 13.1 Å². The van der Waals surface area contributed by atoms with E-state index in [1.807, 2.05) is 0 Å². The van der Waals surface area contributed by atoms with Crippen molar-refractivity contribution < 1.29 is 8.42 Å². The third-order valence-corrected chi connectivity index (χ3v) is 4.02. The topological polar surface area (TPSA) is 88.3 Å². The highest BCUT2D eigenvalue weighted by Crippen LogP contribution is 2.16. The molecule has 0 radical (unpaired) electrons. The lowest BCUT2D eigenvalue weighted by atomic mass is 10.3. The first-order valence-corrected chi connectivity index (χ1v) is 6.84. The number of aromatic nitrogens is 1. The van der Waals surface area contributed by atoms with Crippen molar-refractivity contribution in [3.05, 3.63) is 17.8 Å². The molecule has 96 valence electrons. The van der Waals surface area contributed by atoms with Gasteiger partial charge in [-0.2, -0.15) is 12.7 Å². The van der Waals surface area contributed by atoms with Gasteiger partial charge in [-0.05, 0) is 18.6 Å². The molecule has 0 saturated heterocycles. The van der Waals surface area contributed by atoms with E-state index in [0.29, 0.717) is 30.2 Å². The Kier molecular flexibility index (Phi) is 4.30. The maximum atomic E-state index is 11.9. The lowest BCUT2D eigenvalue weighted by Crippen LogP contribution is -2.35. The van der Waals surface area contributed by atoms with Crippen molar-refractivity contribution in [2.45, 2.75) is 20.8 Å². The van der Waals surface area contributed by atoms with Crippen molar-refractivity contribution in [3.63, 3.8) is 0 Å². The Morgan fingerprint density at radius 2 is 2.00 bits per heavy atom. The number of pyridine rings is 1. The maximum Gasteiger partial charge on any atom is 0.302 e. The fourth-order valence-electron chi connectivity index (χ4n) is 1.45. The van der Waals surface area contributed by atoms with Gasteiger partial charge < -0.3 is 5.73 Å². The van der Waals surface area contributed by atoms with Crippen LogP contribution in [0.5, 0.6) is 0 Å². The first-order valence-electron chi connectivity index (χ1n) is 5.40. The number of nitrogens with two attached hydrogens (primary N) is 1. The number of anilines is 2. The number of nitrogen functional groups attached to an aromatic ring is 1. The van der Waals surface area contributed by atoms with Crippen LogP contribution < -0.4 is 10.5 Å². The van der Waals surface area contributed by atoms with Crippen LogP contribution >= 0.6 is 0 Å². The first kappa shape index (κ1) is 13.7. The van der Waals surface area contributed by atoms with Crippen molar-refractivity contribution in [1.29, 1.82) is 0 Å². The minimum absolute atomic E-state index is 0.311. The molecule has 0 unspecified atom stereocenters. The van der Waals surface area contributed by atoms with E-state index in [1.165, 1.54) is 10.5 Å². The van der Waals surface area contributed by atoms with Crippen LogP contribution in [0.2, 0.25) is 0 Å². The van der Waals surface area contributed by atoms with Crippen LogP contribution in [0.4, 0.5) is 11.5 Å². The zero-order chi connectivity index (χ0) is 13.1. The summed E-state index contributed by atoms with van der Waals surface area (Å²) in [6.07, 6.45) is 1.42. The Hall–Kier alpha value is -1.34. The van der Waals surface area contributed by atoms with Crippen LogP contribution in [0.15, 0.2) is 12.3 Å². The van der Waals surface area contributed by atoms with Crippen LogP contribution in [0.3, 0.4) is 0 Å². The molecule has 1 heterocycles. The van der Waals surface area contributed by atoms with Crippen LogP contribution in [-0.2, 0) is 10.2 Å². The number of rotatable bonds is 5. The largest absolute Gasteiger partial charge is 0.397 e. The molecule has 17 heavy (non-hydrogen) atoms. The van der Waals surface area contributed by atoms with Gasteiger partial charge in [0.15, 0.2) is 0 Å². The molecule has 3 N–H and O–H groups in total. The molecule has 0 amide bonds. The molecule has 0 aliphatic rings. The van der Waals surface area contributed by atoms with E-state index in [2.05, 4.69) is 9.71 Å². The summed E-state index contributed by atoms with van der Waals surface area (Å²) >= 11 is 0. The van der Waals surface area contributed by atoms with Gasteiger partial charge in [-0.15, -0.1) is 0 Å². The maximum absolute atomic E-state index is 11.9. The van der Waals surface area contributed by atoms with Crippen molar-refractivity contribution >= 4 is 21.7 Å². The minimum Gasteiger partial charge on any atom is -0.397 e. The molecule has 0 aliphatic heterocycles. The van der Waals surface area contributed by atoms with E-state index >= 15 is 0 Å². The Morgan fingerprint density at radius 1 is 1.41 bits per heavy atom. The predicted molar refractivity (Wildman–Crippen MR) is 68.8 cm³/mol. The molecule has 1 aromatic rings. The molecule has 0 atom stereocenters. The fourth-order valence-corrected chi connectivity index (χ4v) is 2.72. The Morgan fingerprint density at radius 3 is 2.47 bits per heavy atom. The van der Waals surface area contributed by atoms with Gasteiger partial charge in [0.05, 0.1) is 11.9 Å². The number of hydrogen-bond donors (Lipinski definition) is 2. The molecule has 7 heteroatoms. The summed E-state index contributed by atoms with van der Waals surface area (Å²) in [7, 11) is -3.53. The summed E-state index contributed by atoms with van der Waals surface area (Å²) in [6, 6.07) is 1.67. The van der Waals surface area contributed by atoms with Crippen molar-refractivity contribution in [1.82, 2.24) is 9.29 Å². The number of hydrogen-bond acceptors (Lipinski definition) is 4. The van der Waals surface area contributed by atoms with E-state index in [4.69, 9.17) is 5.73 Å². The molecule has 1 aromatic heterocycles. The molecule has 0 spiro atoms. The fraction of sp³-hybridized carbons (Fsp3) is 0.500. The highest BCUT2D eigenvalue weighted by atomic mass is 32.2. The molecule has 1 rings (SSSR count). The predicted octanol–water partition coefficient (Wildman–Crippen LogP) is 0.971. The Bertz CT molecular complexity index is 483. The van der Waals surface area contributed by atoms with Crippen molar-refractivity contribution in [2.24, 2.45) is 0 Å². The summed E-state index contributed by atoms with van der Waals surface area (Å²) in [5.41, 5.74) is 6.76. The van der Waals surface area contributed by atoms with Crippen molar-refractivity contribution in [2.75, 3.05) is 23.5 Å². The van der Waals surface area contributed by atoms with E-state index in [1.54, 1.807) is 26.8 Å². The van der Waals surface area contributed by atoms with E-state index in [0.717, 1.165) is 0 Å². The summed E-state index contributed by atoms with van der Waals surface area (Å²) in [4.78, 5) is 3.97. The lowest BCUT2D eigenvalue weighted by molar-refractivity contribution is 0.449. The quantitative estimate of drug-likeness (QED) is 0.823. The second kappa shape index (κ2) is 5.33. The average molecular weight is 258 g/mol. The second-order valence-electron chi connectivity index (χ2n) is 3.63. The van der Waals surface area contributed by atoms with Crippen molar-refractivity contribution in [3.8, 4) is 0 Å². The highest BCUT2D eigenvalue weighted by Gasteiger charge is 2.19. The second-order valence-corrected chi connectivity index (χ2v) is 5.30. The van der Waals surface area contributed by atoms with Crippen LogP contribution in [0, 0.1) is 6.92 Å². The molecule has 0 fully saturated rings. The van der Waals surface area contributed by atoms with E-state index < -0.39 is 10.2 Å². The first-order chi connectivity index (χ1) is 7.90. The number of nitrogens with zero attached hydrogens (tertiary/aromatic N) is 2. The molecule has 0 aromatic carbocycles. The van der Waals surface area contributed by atoms with Gasteiger partial charge in [0.25, 0.3) is 0 Å². The van der Waals surface area contributed by atoms with Crippen LogP contribution in [0.1, 0.15) is 19.4 Å². The molecular formula is C10H18N4O2S. The van der Waals surface area contributed by atoms with E-state index in [-0.39, 0.29) is 0 Å². The minimum atomic E-state index is -3.53. The summed E-state index contributed by atoms with van der Waals surface area (Å²) < 4.78 is 27.7. The standard InChI is InChI=1S/C10H18N4O2S/c1-4-14(5-2)17(15,16)13-10-8(3)6-9(11)7-12-10/h6-7H,4-5,11H2,1-3H3,(H,12,13). The third-order valence-electron chi connectivity index (χ3n) is 2.37. The highest BCUT2D eigenvalue weighted by molar-refractivity contribution is 7.90. The SMILES string of the molecule is CCN(CC)S(=O)(=O)Nc1ncc(N)cc1C. The van der Waals surface area contributed by atoms with Gasteiger partial charge in [0.2, 0.25) is 0 Å². The van der Waals surface area contributed by atoms with Gasteiger partial charge in [-0.1, -0.05) is 13.8 Å². The number of nitrogens with one attached hydrogen (secondary N) is 1. The smallest absolute Gasteiger partial charge is 0.302 e. The van der Waals surface area contributed by atoms with Gasteiger partial charge >= 0.3 is 10.2 Å². The van der Waals surface area contributed by atoms with Gasteiger partial charge in [-0.3, -0.25) is 4.72 Å². The summed E-state index contributed by atoms with van der Waals surface area (Å²) in [5.74, 6) is 0.311. The van der Waals surface area contributed by atoms with E-state index in [9.17, 15) is 8.42 Å². The van der Waals surface area contributed by atoms with Crippen LogP contribution in [-0.4, -0.2) is 30.8 Å². The average Bonchev–Trinajstić information content (AvgIpc) is 2.23. The number of aryl methyl sites for hydroxylation is 1. The zero-order valence-corrected chi connectivity index (χ0v) is 11.1. The molecule has 0 aliphatic carbocycles.